The monoisotopic (exact) mass is 218 g/mol. The van der Waals surface area contributed by atoms with Crippen molar-refractivity contribution in [3.63, 3.8) is 0 Å². The Morgan fingerprint density at radius 1 is 1.57 bits per heavy atom. The van der Waals surface area contributed by atoms with Gasteiger partial charge in [0.05, 0.1) is 6.04 Å². The lowest BCUT2D eigenvalue weighted by molar-refractivity contribution is -0.120. The number of amides is 1. The van der Waals surface area contributed by atoms with E-state index in [9.17, 15) is 9.00 Å². The van der Waals surface area contributed by atoms with Crippen LogP contribution in [0.25, 0.3) is 0 Å². The average Bonchev–Trinajstić information content (AvgIpc) is 2.16. The first-order chi connectivity index (χ1) is 6.63. The number of nitrogens with one attached hydrogen (secondary N) is 1. The topological polar surface area (TPSA) is 72.2 Å². The number of hydrogen-bond donors (Lipinski definition) is 2. The van der Waals surface area contributed by atoms with Gasteiger partial charge in [0.1, 0.15) is 0 Å². The molecule has 1 heterocycles. The minimum Gasteiger partial charge on any atom is -0.368 e. The molecule has 5 heteroatoms. The van der Waals surface area contributed by atoms with Crippen molar-refractivity contribution in [3.05, 3.63) is 0 Å². The summed E-state index contributed by atoms with van der Waals surface area (Å²) in [5.41, 5.74) is 5.23. The van der Waals surface area contributed by atoms with E-state index in [1.165, 1.54) is 0 Å². The van der Waals surface area contributed by atoms with Crippen molar-refractivity contribution >= 4 is 16.7 Å². The largest absolute Gasteiger partial charge is 0.368 e. The second kappa shape index (κ2) is 5.46. The summed E-state index contributed by atoms with van der Waals surface area (Å²) < 4.78 is 11.1. The van der Waals surface area contributed by atoms with Gasteiger partial charge in [-0.15, -0.1) is 0 Å². The Bertz CT molecular complexity index is 223. The summed E-state index contributed by atoms with van der Waals surface area (Å²) in [4.78, 5) is 11.0. The molecule has 1 fully saturated rings. The summed E-state index contributed by atoms with van der Waals surface area (Å²) in [5.74, 6) is 1.19. The lowest BCUT2D eigenvalue weighted by Gasteiger charge is -2.26. The highest BCUT2D eigenvalue weighted by atomic mass is 32.2. The average molecular weight is 218 g/mol. The third-order valence-electron chi connectivity index (χ3n) is 2.58. The van der Waals surface area contributed by atoms with Crippen LogP contribution in [0.5, 0.6) is 0 Å². The number of carbonyl (C=O) groups is 1. The van der Waals surface area contributed by atoms with Crippen LogP contribution < -0.4 is 11.1 Å². The van der Waals surface area contributed by atoms with Gasteiger partial charge in [-0.3, -0.25) is 9.00 Å². The molecular weight excluding hydrogens is 200 g/mol. The first-order valence-corrected chi connectivity index (χ1v) is 6.52. The molecule has 1 atom stereocenters. The fraction of sp³-hybridized carbons (Fsp3) is 0.889. The van der Waals surface area contributed by atoms with Crippen LogP contribution in [-0.2, 0) is 15.6 Å². The van der Waals surface area contributed by atoms with E-state index < -0.39 is 10.8 Å². The Morgan fingerprint density at radius 2 is 2.14 bits per heavy atom. The Labute approximate surface area is 87.1 Å². The molecule has 0 spiro atoms. The van der Waals surface area contributed by atoms with Crippen LogP contribution in [-0.4, -0.2) is 33.7 Å². The minimum atomic E-state index is -0.645. The van der Waals surface area contributed by atoms with E-state index >= 15 is 0 Å². The normalized spacial score (nSPS) is 29.8. The molecule has 1 aliphatic heterocycles. The van der Waals surface area contributed by atoms with Crippen LogP contribution in [0.2, 0.25) is 0 Å². The van der Waals surface area contributed by atoms with Crippen molar-refractivity contribution < 1.29 is 9.00 Å². The van der Waals surface area contributed by atoms with E-state index in [1.54, 1.807) is 0 Å². The summed E-state index contributed by atoms with van der Waals surface area (Å²) in [7, 11) is -0.645. The van der Waals surface area contributed by atoms with Gasteiger partial charge in [-0.2, -0.15) is 0 Å². The lowest BCUT2D eigenvalue weighted by Crippen LogP contribution is -2.48. The summed E-state index contributed by atoms with van der Waals surface area (Å²) in [6, 6.07) is 0.0803. The highest BCUT2D eigenvalue weighted by molar-refractivity contribution is 7.85. The van der Waals surface area contributed by atoms with Gasteiger partial charge in [0, 0.05) is 28.3 Å². The van der Waals surface area contributed by atoms with Gasteiger partial charge in [-0.1, -0.05) is 6.92 Å². The second-order valence-electron chi connectivity index (χ2n) is 3.65. The molecule has 1 amide bonds. The van der Waals surface area contributed by atoms with Crippen molar-refractivity contribution in [3.8, 4) is 0 Å². The molecule has 1 unspecified atom stereocenters. The Hall–Kier alpha value is -0.420. The van der Waals surface area contributed by atoms with Crippen molar-refractivity contribution in [2.45, 2.75) is 38.3 Å². The van der Waals surface area contributed by atoms with Gasteiger partial charge < -0.3 is 11.1 Å². The van der Waals surface area contributed by atoms with Crippen LogP contribution in [0.1, 0.15) is 26.2 Å². The zero-order valence-corrected chi connectivity index (χ0v) is 9.31. The zero-order chi connectivity index (χ0) is 10.6. The quantitative estimate of drug-likeness (QED) is 0.683. The fourth-order valence-corrected chi connectivity index (χ4v) is 2.95. The highest BCUT2D eigenvalue weighted by Crippen LogP contribution is 2.10. The van der Waals surface area contributed by atoms with Crippen LogP contribution in [0.3, 0.4) is 0 Å². The highest BCUT2D eigenvalue weighted by Gasteiger charge is 2.22. The molecule has 0 aromatic carbocycles. The number of rotatable bonds is 4. The molecule has 0 bridgehead atoms. The van der Waals surface area contributed by atoms with Crippen LogP contribution in [0, 0.1) is 0 Å². The summed E-state index contributed by atoms with van der Waals surface area (Å²) >= 11 is 0. The van der Waals surface area contributed by atoms with Crippen molar-refractivity contribution in [1.29, 1.82) is 0 Å². The third-order valence-corrected chi connectivity index (χ3v) is 3.96. The van der Waals surface area contributed by atoms with Crippen LogP contribution in [0.15, 0.2) is 0 Å². The molecule has 0 aromatic heterocycles. The van der Waals surface area contributed by atoms with Gasteiger partial charge in [0.2, 0.25) is 5.91 Å². The van der Waals surface area contributed by atoms with E-state index in [-0.39, 0.29) is 11.9 Å². The smallest absolute Gasteiger partial charge is 0.234 e. The van der Waals surface area contributed by atoms with E-state index in [2.05, 4.69) is 5.32 Å². The van der Waals surface area contributed by atoms with Gasteiger partial charge >= 0.3 is 0 Å². The number of hydrogen-bond acceptors (Lipinski definition) is 3. The SMILES string of the molecule is CCC(NC1CCS(=O)CC1)C(N)=O. The van der Waals surface area contributed by atoms with Gasteiger partial charge in [-0.25, -0.2) is 0 Å². The van der Waals surface area contributed by atoms with E-state index in [4.69, 9.17) is 5.73 Å². The maximum Gasteiger partial charge on any atom is 0.234 e. The molecule has 14 heavy (non-hydrogen) atoms. The lowest BCUT2D eigenvalue weighted by atomic mass is 10.1. The van der Waals surface area contributed by atoms with Gasteiger partial charge in [-0.05, 0) is 19.3 Å². The predicted octanol–water partition coefficient (Wildman–Crippen LogP) is -0.249. The number of nitrogens with two attached hydrogens (primary N) is 1. The second-order valence-corrected chi connectivity index (χ2v) is 5.35. The van der Waals surface area contributed by atoms with Crippen molar-refractivity contribution in [2.24, 2.45) is 5.73 Å². The Morgan fingerprint density at radius 3 is 2.57 bits per heavy atom. The summed E-state index contributed by atoms with van der Waals surface area (Å²) in [5, 5.41) is 3.22. The van der Waals surface area contributed by atoms with E-state index in [0.717, 1.165) is 30.8 Å². The fourth-order valence-electron chi connectivity index (χ4n) is 1.65. The maximum absolute atomic E-state index is 11.1. The zero-order valence-electron chi connectivity index (χ0n) is 8.49. The van der Waals surface area contributed by atoms with Crippen molar-refractivity contribution in [1.82, 2.24) is 5.32 Å². The summed E-state index contributed by atoms with van der Waals surface area (Å²) in [6.45, 7) is 1.93. The van der Waals surface area contributed by atoms with E-state index in [0.29, 0.717) is 6.04 Å². The molecule has 82 valence electrons. The molecule has 0 saturated carbocycles. The van der Waals surface area contributed by atoms with Crippen LogP contribution >= 0.6 is 0 Å². The molecule has 1 saturated heterocycles. The third kappa shape index (κ3) is 3.38. The molecule has 0 radical (unpaired) electrons. The Kier molecular flexibility index (Phi) is 4.54. The molecule has 0 aromatic rings. The maximum atomic E-state index is 11.1. The Balaban J connectivity index is 2.36. The predicted molar refractivity (Wildman–Crippen MR) is 57.3 cm³/mol. The van der Waals surface area contributed by atoms with Crippen molar-refractivity contribution in [2.75, 3.05) is 11.5 Å². The van der Waals surface area contributed by atoms with Gasteiger partial charge in [0.15, 0.2) is 0 Å². The first-order valence-electron chi connectivity index (χ1n) is 5.03. The number of carbonyl (C=O) groups excluding carboxylic acids is 1. The van der Waals surface area contributed by atoms with E-state index in [1.807, 2.05) is 6.92 Å². The molecular formula is C9H18N2O2S. The standard InChI is InChI=1S/C9H18N2O2S/c1-2-8(9(10)12)11-7-3-5-14(13)6-4-7/h7-8,11H,2-6H2,1H3,(H2,10,12). The molecule has 4 nitrogen and oxygen atoms in total. The molecule has 0 aliphatic carbocycles. The molecule has 1 aliphatic rings. The minimum absolute atomic E-state index is 0.230. The molecule has 1 rings (SSSR count). The summed E-state index contributed by atoms with van der Waals surface area (Å²) in [6.07, 6.45) is 2.49. The van der Waals surface area contributed by atoms with Crippen LogP contribution in [0.4, 0.5) is 0 Å². The molecule has 3 N–H and O–H groups in total. The van der Waals surface area contributed by atoms with Gasteiger partial charge in [0.25, 0.3) is 0 Å². The first kappa shape index (κ1) is 11.7. The number of primary amides is 1.